The Morgan fingerprint density at radius 3 is 2.21 bits per heavy atom. The minimum absolute atomic E-state index is 0.121. The molecule has 24 heavy (non-hydrogen) atoms. The lowest BCUT2D eigenvalue weighted by atomic mass is 10.0. The van der Waals surface area contributed by atoms with Gasteiger partial charge >= 0.3 is 0 Å². The SMILES string of the molecule is CC1(C)C(CNc2ccc(F)cc2)C1c1ccc(S(N)(=O)=O)cc1. The van der Waals surface area contributed by atoms with E-state index in [2.05, 4.69) is 19.2 Å². The molecule has 0 bridgehead atoms. The van der Waals surface area contributed by atoms with Gasteiger partial charge in [0.25, 0.3) is 0 Å². The molecule has 2 unspecified atom stereocenters. The number of nitrogens with one attached hydrogen (secondary N) is 1. The van der Waals surface area contributed by atoms with Crippen LogP contribution in [0.15, 0.2) is 53.4 Å². The summed E-state index contributed by atoms with van der Waals surface area (Å²) in [5, 5.41) is 8.48. The number of primary sulfonamides is 1. The molecule has 3 rings (SSSR count). The summed E-state index contributed by atoms with van der Waals surface area (Å²) in [5.41, 5.74) is 2.12. The average molecular weight is 348 g/mol. The Labute approximate surface area is 141 Å². The number of halogens is 1. The van der Waals surface area contributed by atoms with E-state index < -0.39 is 10.0 Å². The number of anilines is 1. The molecule has 0 aliphatic heterocycles. The van der Waals surface area contributed by atoms with Crippen molar-refractivity contribution in [1.82, 2.24) is 0 Å². The molecule has 2 atom stereocenters. The van der Waals surface area contributed by atoms with Crippen LogP contribution in [0.4, 0.5) is 10.1 Å². The smallest absolute Gasteiger partial charge is 0.238 e. The molecule has 0 aromatic heterocycles. The van der Waals surface area contributed by atoms with Crippen molar-refractivity contribution in [2.24, 2.45) is 16.5 Å². The lowest BCUT2D eigenvalue weighted by Gasteiger charge is -2.07. The van der Waals surface area contributed by atoms with Crippen LogP contribution in [-0.2, 0) is 10.0 Å². The fourth-order valence-electron chi connectivity index (χ4n) is 3.45. The molecule has 0 saturated heterocycles. The second-order valence-electron chi connectivity index (χ2n) is 6.91. The van der Waals surface area contributed by atoms with Crippen LogP contribution in [-0.4, -0.2) is 15.0 Å². The second-order valence-corrected chi connectivity index (χ2v) is 8.47. The van der Waals surface area contributed by atoms with Gasteiger partial charge < -0.3 is 5.32 Å². The zero-order valence-corrected chi connectivity index (χ0v) is 14.5. The molecule has 1 aliphatic rings. The average Bonchev–Trinajstić information content (AvgIpc) is 3.07. The molecule has 3 N–H and O–H groups in total. The second kappa shape index (κ2) is 5.86. The quantitative estimate of drug-likeness (QED) is 0.870. The van der Waals surface area contributed by atoms with E-state index in [1.165, 1.54) is 12.1 Å². The van der Waals surface area contributed by atoms with Gasteiger partial charge in [0.2, 0.25) is 10.0 Å². The number of hydrogen-bond acceptors (Lipinski definition) is 3. The van der Waals surface area contributed by atoms with Crippen molar-refractivity contribution in [1.29, 1.82) is 0 Å². The Balaban J connectivity index is 1.69. The standard InChI is InChI=1S/C18H21FN2O2S/c1-18(2)16(11-21-14-7-5-13(19)6-8-14)17(18)12-3-9-15(10-4-12)24(20,22)23/h3-10,16-17,21H,11H2,1-2H3,(H2,20,22,23). The van der Waals surface area contributed by atoms with E-state index in [4.69, 9.17) is 5.14 Å². The van der Waals surface area contributed by atoms with E-state index in [0.717, 1.165) is 17.8 Å². The zero-order valence-electron chi connectivity index (χ0n) is 13.7. The van der Waals surface area contributed by atoms with Gasteiger partial charge in [-0.05, 0) is 59.2 Å². The molecule has 0 heterocycles. The van der Waals surface area contributed by atoms with E-state index in [9.17, 15) is 12.8 Å². The first kappa shape index (κ1) is 16.9. The first-order chi connectivity index (χ1) is 11.2. The molecule has 0 spiro atoms. The molecule has 0 amide bonds. The highest BCUT2D eigenvalue weighted by atomic mass is 32.2. The van der Waals surface area contributed by atoms with Crippen molar-refractivity contribution in [2.45, 2.75) is 24.7 Å². The third kappa shape index (κ3) is 3.30. The molecule has 1 aliphatic carbocycles. The van der Waals surface area contributed by atoms with Crippen LogP contribution in [0.5, 0.6) is 0 Å². The fourth-order valence-corrected chi connectivity index (χ4v) is 3.96. The van der Waals surface area contributed by atoms with Crippen LogP contribution in [0.3, 0.4) is 0 Å². The lowest BCUT2D eigenvalue weighted by Crippen LogP contribution is -2.11. The van der Waals surface area contributed by atoms with Crippen molar-refractivity contribution in [3.05, 3.63) is 59.9 Å². The highest BCUT2D eigenvalue weighted by molar-refractivity contribution is 7.89. The minimum atomic E-state index is -3.66. The summed E-state index contributed by atoms with van der Waals surface area (Å²) in [7, 11) is -3.66. The van der Waals surface area contributed by atoms with Gasteiger partial charge in [-0.3, -0.25) is 0 Å². The number of sulfonamides is 1. The lowest BCUT2D eigenvalue weighted by molar-refractivity contribution is 0.565. The van der Waals surface area contributed by atoms with E-state index in [1.807, 2.05) is 12.1 Å². The summed E-state index contributed by atoms with van der Waals surface area (Å²) >= 11 is 0. The molecular formula is C18H21FN2O2S. The van der Waals surface area contributed by atoms with Crippen molar-refractivity contribution in [3.8, 4) is 0 Å². The Hall–Kier alpha value is -1.92. The summed E-state index contributed by atoms with van der Waals surface area (Å²) in [6, 6.07) is 13.1. The first-order valence-electron chi connectivity index (χ1n) is 7.82. The number of hydrogen-bond donors (Lipinski definition) is 2. The molecular weight excluding hydrogens is 327 g/mol. The van der Waals surface area contributed by atoms with Gasteiger partial charge in [0, 0.05) is 12.2 Å². The van der Waals surface area contributed by atoms with Crippen molar-refractivity contribution < 1.29 is 12.8 Å². The molecule has 2 aromatic rings. The molecule has 128 valence electrons. The number of rotatable bonds is 5. The van der Waals surface area contributed by atoms with E-state index in [1.54, 1.807) is 24.3 Å². The normalized spacial score (nSPS) is 22.2. The van der Waals surface area contributed by atoms with Crippen molar-refractivity contribution in [3.63, 3.8) is 0 Å². The molecule has 6 heteroatoms. The largest absolute Gasteiger partial charge is 0.385 e. The Morgan fingerprint density at radius 1 is 1.08 bits per heavy atom. The monoisotopic (exact) mass is 348 g/mol. The number of benzene rings is 2. The van der Waals surface area contributed by atoms with Gasteiger partial charge in [0.15, 0.2) is 0 Å². The first-order valence-corrected chi connectivity index (χ1v) is 9.36. The van der Waals surface area contributed by atoms with Crippen molar-refractivity contribution >= 4 is 15.7 Å². The predicted molar refractivity (Wildman–Crippen MR) is 92.7 cm³/mol. The Kier molecular flexibility index (Phi) is 4.13. The van der Waals surface area contributed by atoms with Gasteiger partial charge in [-0.25, -0.2) is 17.9 Å². The van der Waals surface area contributed by atoms with Gasteiger partial charge in [-0.15, -0.1) is 0 Å². The summed E-state index contributed by atoms with van der Waals surface area (Å²) in [4.78, 5) is 0.130. The van der Waals surface area contributed by atoms with E-state index in [-0.39, 0.29) is 16.1 Å². The summed E-state index contributed by atoms with van der Waals surface area (Å²) < 4.78 is 35.6. The zero-order chi connectivity index (χ0) is 17.5. The highest BCUT2D eigenvalue weighted by Crippen LogP contribution is 2.64. The van der Waals surface area contributed by atoms with Crippen LogP contribution in [0, 0.1) is 17.2 Å². The predicted octanol–water partition coefficient (Wildman–Crippen LogP) is 3.32. The Morgan fingerprint density at radius 2 is 1.67 bits per heavy atom. The van der Waals surface area contributed by atoms with E-state index >= 15 is 0 Å². The molecule has 2 aromatic carbocycles. The molecule has 1 saturated carbocycles. The maximum atomic E-state index is 12.9. The molecule has 0 radical (unpaired) electrons. The van der Waals surface area contributed by atoms with Crippen LogP contribution in [0.1, 0.15) is 25.3 Å². The van der Waals surface area contributed by atoms with Crippen LogP contribution >= 0.6 is 0 Å². The third-order valence-corrected chi connectivity index (χ3v) is 5.92. The molecule has 4 nitrogen and oxygen atoms in total. The Bertz CT molecular complexity index is 830. The third-order valence-electron chi connectivity index (χ3n) is 4.99. The summed E-state index contributed by atoms with van der Waals surface area (Å²) in [6.07, 6.45) is 0. The van der Waals surface area contributed by atoms with Gasteiger partial charge in [-0.2, -0.15) is 0 Å². The van der Waals surface area contributed by atoms with Crippen LogP contribution in [0.2, 0.25) is 0 Å². The summed E-state index contributed by atoms with van der Waals surface area (Å²) in [5.74, 6) is 0.517. The fraction of sp³-hybridized carbons (Fsp3) is 0.333. The van der Waals surface area contributed by atoms with Crippen LogP contribution < -0.4 is 10.5 Å². The maximum absolute atomic E-state index is 12.9. The van der Waals surface area contributed by atoms with Gasteiger partial charge in [0.05, 0.1) is 4.90 Å². The van der Waals surface area contributed by atoms with Gasteiger partial charge in [-0.1, -0.05) is 26.0 Å². The molecule has 1 fully saturated rings. The van der Waals surface area contributed by atoms with E-state index in [0.29, 0.717) is 11.8 Å². The van der Waals surface area contributed by atoms with Gasteiger partial charge in [0.1, 0.15) is 5.82 Å². The van der Waals surface area contributed by atoms with Crippen LogP contribution in [0.25, 0.3) is 0 Å². The van der Waals surface area contributed by atoms with Crippen molar-refractivity contribution in [2.75, 3.05) is 11.9 Å². The highest BCUT2D eigenvalue weighted by Gasteiger charge is 2.57. The summed E-state index contributed by atoms with van der Waals surface area (Å²) in [6.45, 7) is 5.17. The number of nitrogens with two attached hydrogens (primary N) is 1. The maximum Gasteiger partial charge on any atom is 0.238 e. The topological polar surface area (TPSA) is 72.2 Å². The minimum Gasteiger partial charge on any atom is -0.385 e.